The second-order valence-corrected chi connectivity index (χ2v) is 9.03. The number of methoxy groups -OCH3 is 1. The summed E-state index contributed by atoms with van der Waals surface area (Å²) in [5, 5.41) is 15.5. The van der Waals surface area contributed by atoms with Gasteiger partial charge in [0, 0.05) is 43.3 Å². The van der Waals surface area contributed by atoms with Crippen molar-refractivity contribution >= 4 is 29.0 Å². The third-order valence-corrected chi connectivity index (χ3v) is 4.61. The molecule has 2 N–H and O–H groups in total. The Labute approximate surface area is 182 Å². The van der Waals surface area contributed by atoms with E-state index in [1.807, 2.05) is 32.0 Å². The lowest BCUT2D eigenvalue weighted by atomic mass is 10.0. The van der Waals surface area contributed by atoms with Gasteiger partial charge in [-0.15, -0.1) is 12.4 Å². The maximum atomic E-state index is 11.1. The van der Waals surface area contributed by atoms with Crippen LogP contribution < -0.4 is 10.1 Å². The van der Waals surface area contributed by atoms with Crippen molar-refractivity contribution < 1.29 is 9.84 Å². The first kappa shape index (κ1) is 25.5. The number of anilines is 1. The summed E-state index contributed by atoms with van der Waals surface area (Å²) in [5.41, 5.74) is 1.89. The zero-order chi connectivity index (χ0) is 20.9. The molecule has 2 rings (SSSR count). The van der Waals surface area contributed by atoms with Crippen LogP contribution in [0.2, 0.25) is 0 Å². The van der Waals surface area contributed by atoms with Gasteiger partial charge in [0.15, 0.2) is 0 Å². The zero-order valence-electron chi connectivity index (χ0n) is 19.0. The molecular weight excluding hydrogens is 386 g/mol. The van der Waals surface area contributed by atoms with Crippen LogP contribution in [0.4, 0.5) is 5.69 Å². The van der Waals surface area contributed by atoms with E-state index in [4.69, 9.17) is 4.74 Å². The minimum absolute atomic E-state index is 0. The first-order valence-corrected chi connectivity index (χ1v) is 10.2. The Morgan fingerprint density at radius 3 is 2.31 bits per heavy atom. The number of hydrogen-bond acceptors (Lipinski definition) is 5. The minimum Gasteiger partial charge on any atom is -0.497 e. The fourth-order valence-electron chi connectivity index (χ4n) is 3.62. The van der Waals surface area contributed by atoms with Crippen LogP contribution in [0.3, 0.4) is 0 Å². The predicted molar refractivity (Wildman–Crippen MR) is 126 cm³/mol. The van der Waals surface area contributed by atoms with Gasteiger partial charge < -0.3 is 15.2 Å². The van der Waals surface area contributed by atoms with Gasteiger partial charge in [0.05, 0.1) is 23.9 Å². The van der Waals surface area contributed by atoms with Crippen molar-refractivity contribution in [3.8, 4) is 5.75 Å². The van der Waals surface area contributed by atoms with E-state index in [0.717, 1.165) is 41.1 Å². The highest BCUT2D eigenvalue weighted by atomic mass is 35.5. The number of nitrogens with zero attached hydrogens (tertiary/aromatic N) is 2. The van der Waals surface area contributed by atoms with Gasteiger partial charge in [0.25, 0.3) is 0 Å². The van der Waals surface area contributed by atoms with E-state index < -0.39 is 5.60 Å². The van der Waals surface area contributed by atoms with Gasteiger partial charge in [0.2, 0.25) is 0 Å². The van der Waals surface area contributed by atoms with Gasteiger partial charge >= 0.3 is 0 Å². The second-order valence-electron chi connectivity index (χ2n) is 9.03. The highest BCUT2D eigenvalue weighted by molar-refractivity contribution is 5.92. The van der Waals surface area contributed by atoms with E-state index in [-0.39, 0.29) is 12.4 Å². The molecule has 0 fully saturated rings. The lowest BCUT2D eigenvalue weighted by Gasteiger charge is -2.34. The van der Waals surface area contributed by atoms with Crippen molar-refractivity contribution in [1.82, 2.24) is 9.88 Å². The summed E-state index contributed by atoms with van der Waals surface area (Å²) in [6, 6.07) is 7.98. The molecule has 1 unspecified atom stereocenters. The summed E-state index contributed by atoms with van der Waals surface area (Å²) in [7, 11) is 1.67. The first-order valence-electron chi connectivity index (χ1n) is 10.2. The molecule has 29 heavy (non-hydrogen) atoms. The summed E-state index contributed by atoms with van der Waals surface area (Å²) in [4.78, 5) is 7.05. The van der Waals surface area contributed by atoms with Gasteiger partial charge in [-0.1, -0.05) is 33.8 Å². The van der Waals surface area contributed by atoms with Crippen molar-refractivity contribution in [2.45, 2.75) is 47.1 Å². The number of benzene rings is 1. The maximum Gasteiger partial charge on any atom is 0.121 e. The molecular formula is C23H38ClN3O2. The number of rotatable bonds is 10. The van der Waals surface area contributed by atoms with Gasteiger partial charge in [-0.25, -0.2) is 0 Å². The largest absolute Gasteiger partial charge is 0.497 e. The van der Waals surface area contributed by atoms with E-state index in [9.17, 15) is 5.11 Å². The van der Waals surface area contributed by atoms with Crippen LogP contribution in [-0.4, -0.2) is 53.9 Å². The Hall–Kier alpha value is -1.56. The molecule has 1 heterocycles. The number of nitrogens with one attached hydrogen (secondary N) is 1. The van der Waals surface area contributed by atoms with Crippen molar-refractivity contribution in [3.63, 3.8) is 0 Å². The summed E-state index contributed by atoms with van der Waals surface area (Å²) in [5.74, 6) is 1.91. The molecule has 164 valence electrons. The molecule has 6 heteroatoms. The monoisotopic (exact) mass is 423 g/mol. The number of ether oxygens (including phenoxy) is 1. The molecule has 0 aliphatic heterocycles. The molecule has 1 aromatic heterocycles. The highest BCUT2D eigenvalue weighted by Gasteiger charge is 2.25. The molecule has 0 radical (unpaired) electrons. The highest BCUT2D eigenvalue weighted by Crippen LogP contribution is 2.28. The summed E-state index contributed by atoms with van der Waals surface area (Å²) in [6.07, 6.45) is 0. The summed E-state index contributed by atoms with van der Waals surface area (Å²) >= 11 is 0. The smallest absolute Gasteiger partial charge is 0.121 e. The standard InChI is InChI=1S/C23H37N3O2.ClH/c1-16(2)12-26(13-17(3)4)15-23(6,27)14-24-21-11-20(28-7)10-19-9-8-18(5)25-22(19)21;/h8-11,16-17,24,27H,12-15H2,1-7H3;1H. The van der Waals surface area contributed by atoms with Gasteiger partial charge in [0.1, 0.15) is 5.75 Å². The molecule has 0 aliphatic carbocycles. The first-order chi connectivity index (χ1) is 13.1. The van der Waals surface area contributed by atoms with Crippen LogP contribution in [-0.2, 0) is 0 Å². The van der Waals surface area contributed by atoms with Gasteiger partial charge in [-0.05, 0) is 37.8 Å². The Morgan fingerprint density at radius 1 is 1.14 bits per heavy atom. The fraction of sp³-hybridized carbons (Fsp3) is 0.609. The zero-order valence-corrected chi connectivity index (χ0v) is 19.8. The number of pyridine rings is 1. The van der Waals surface area contributed by atoms with Crippen molar-refractivity contribution in [2.75, 3.05) is 38.6 Å². The average molecular weight is 424 g/mol. The lowest BCUT2D eigenvalue weighted by Crippen LogP contribution is -2.47. The van der Waals surface area contributed by atoms with E-state index >= 15 is 0 Å². The van der Waals surface area contributed by atoms with Crippen LogP contribution >= 0.6 is 12.4 Å². The molecule has 0 saturated carbocycles. The quantitative estimate of drug-likeness (QED) is 0.577. The molecule has 0 bridgehead atoms. The third-order valence-electron chi connectivity index (χ3n) is 4.61. The predicted octanol–water partition coefficient (Wildman–Crippen LogP) is 4.75. The molecule has 0 spiro atoms. The molecule has 1 aromatic carbocycles. The Kier molecular flexibility index (Phi) is 9.66. The number of aliphatic hydroxyl groups is 1. The van der Waals surface area contributed by atoms with Gasteiger partial charge in [-0.3, -0.25) is 9.88 Å². The molecule has 0 amide bonds. The van der Waals surface area contributed by atoms with Gasteiger partial charge in [-0.2, -0.15) is 0 Å². The lowest BCUT2D eigenvalue weighted by molar-refractivity contribution is 0.0239. The van der Waals surface area contributed by atoms with Crippen molar-refractivity contribution in [3.05, 3.63) is 30.0 Å². The van der Waals surface area contributed by atoms with E-state index in [1.165, 1.54) is 0 Å². The van der Waals surface area contributed by atoms with E-state index in [2.05, 4.69) is 49.0 Å². The second kappa shape index (κ2) is 11.0. The fourth-order valence-corrected chi connectivity index (χ4v) is 3.62. The maximum absolute atomic E-state index is 11.1. The summed E-state index contributed by atoms with van der Waals surface area (Å²) in [6.45, 7) is 15.8. The number of aryl methyl sites for hydroxylation is 1. The molecule has 1 atom stereocenters. The van der Waals surface area contributed by atoms with Crippen LogP contribution in [0, 0.1) is 18.8 Å². The van der Waals surface area contributed by atoms with Crippen molar-refractivity contribution in [1.29, 1.82) is 0 Å². The van der Waals surface area contributed by atoms with E-state index in [0.29, 0.717) is 24.9 Å². The SMILES string of the molecule is COc1cc(NCC(C)(O)CN(CC(C)C)CC(C)C)c2nc(C)ccc2c1.Cl. The number of aromatic nitrogens is 1. The Bertz CT molecular complexity index is 768. The topological polar surface area (TPSA) is 57.6 Å². The molecule has 5 nitrogen and oxygen atoms in total. The molecule has 2 aromatic rings. The number of halogens is 1. The minimum atomic E-state index is -0.858. The summed E-state index contributed by atoms with van der Waals surface area (Å²) < 4.78 is 5.44. The molecule has 0 saturated heterocycles. The van der Waals surface area contributed by atoms with Crippen LogP contribution in [0.25, 0.3) is 10.9 Å². The van der Waals surface area contributed by atoms with Crippen molar-refractivity contribution in [2.24, 2.45) is 11.8 Å². The van der Waals surface area contributed by atoms with Crippen LogP contribution in [0.15, 0.2) is 24.3 Å². The average Bonchev–Trinajstić information content (AvgIpc) is 2.58. The van der Waals surface area contributed by atoms with Crippen LogP contribution in [0.5, 0.6) is 5.75 Å². The number of fused-ring (bicyclic) bond motifs is 1. The molecule has 0 aliphatic rings. The normalized spacial score (nSPS) is 13.6. The Morgan fingerprint density at radius 2 is 1.76 bits per heavy atom. The Balaban J connectivity index is 0.00000420. The van der Waals surface area contributed by atoms with E-state index in [1.54, 1.807) is 7.11 Å². The number of hydrogen-bond donors (Lipinski definition) is 2. The van der Waals surface area contributed by atoms with Crippen LogP contribution in [0.1, 0.15) is 40.3 Å². The third kappa shape index (κ3) is 8.00.